The van der Waals surface area contributed by atoms with Crippen molar-refractivity contribution in [1.82, 2.24) is 10.3 Å². The van der Waals surface area contributed by atoms with Crippen molar-refractivity contribution in [3.05, 3.63) is 57.7 Å². The average molecular weight is 357 g/mol. The number of aliphatic imine (C=N–C) groups is 1. The van der Waals surface area contributed by atoms with Gasteiger partial charge >= 0.3 is 5.97 Å². The van der Waals surface area contributed by atoms with Crippen LogP contribution in [0.1, 0.15) is 31.1 Å². The molecule has 1 aromatic heterocycles. The molecule has 0 saturated carbocycles. The summed E-state index contributed by atoms with van der Waals surface area (Å²) in [5.74, 6) is 0.975. The first-order valence-electron chi connectivity index (χ1n) is 7.89. The first kappa shape index (κ1) is 17.2. The van der Waals surface area contributed by atoms with Gasteiger partial charge < -0.3 is 14.8 Å². The summed E-state index contributed by atoms with van der Waals surface area (Å²) in [4.78, 5) is 21.6. The van der Waals surface area contributed by atoms with Crippen molar-refractivity contribution in [2.75, 3.05) is 13.7 Å². The maximum absolute atomic E-state index is 12.5. The summed E-state index contributed by atoms with van der Waals surface area (Å²) in [6.45, 7) is 3.94. The quantitative estimate of drug-likeness (QED) is 0.833. The van der Waals surface area contributed by atoms with E-state index in [1.165, 1.54) is 11.3 Å². The molecule has 0 aliphatic carbocycles. The van der Waals surface area contributed by atoms with Crippen molar-refractivity contribution in [1.29, 1.82) is 0 Å². The molecule has 6 nitrogen and oxygen atoms in total. The number of ether oxygens (including phenoxy) is 2. The Bertz CT molecular complexity index is 828. The first-order valence-corrected chi connectivity index (χ1v) is 8.83. The van der Waals surface area contributed by atoms with Crippen molar-refractivity contribution < 1.29 is 14.3 Å². The summed E-state index contributed by atoms with van der Waals surface area (Å²) in [7, 11) is 1.61. The number of nitrogens with one attached hydrogen (secondary N) is 1. The van der Waals surface area contributed by atoms with Gasteiger partial charge in [-0.15, -0.1) is 11.3 Å². The fourth-order valence-electron chi connectivity index (χ4n) is 2.66. The number of aromatic nitrogens is 1. The third kappa shape index (κ3) is 3.56. The molecule has 130 valence electrons. The molecule has 0 spiro atoms. The zero-order chi connectivity index (χ0) is 17.8. The van der Waals surface area contributed by atoms with E-state index in [4.69, 9.17) is 14.5 Å². The molecule has 2 aromatic rings. The second-order valence-electron chi connectivity index (χ2n) is 5.41. The second kappa shape index (κ2) is 7.48. The summed E-state index contributed by atoms with van der Waals surface area (Å²) < 4.78 is 10.5. The highest BCUT2D eigenvalue weighted by Gasteiger charge is 2.31. The molecule has 7 heteroatoms. The van der Waals surface area contributed by atoms with Gasteiger partial charge in [-0.05, 0) is 31.5 Å². The zero-order valence-electron chi connectivity index (χ0n) is 14.3. The number of esters is 1. The van der Waals surface area contributed by atoms with Crippen LogP contribution in [0.25, 0.3) is 0 Å². The SMILES string of the molecule is CCOC(=O)C1=C(C)NC(c2cscn2)=N[C@H]1c1cccc(OC)c1. The molecule has 0 fully saturated rings. The molecule has 1 N–H and O–H groups in total. The molecular formula is C18H19N3O3S. The number of carbonyl (C=O) groups excluding carboxylic acids is 1. The number of hydrogen-bond donors (Lipinski definition) is 1. The maximum atomic E-state index is 12.5. The van der Waals surface area contributed by atoms with Crippen LogP contribution in [0.15, 0.2) is 51.4 Å². The predicted molar refractivity (Wildman–Crippen MR) is 96.9 cm³/mol. The van der Waals surface area contributed by atoms with Gasteiger partial charge in [0.2, 0.25) is 0 Å². The van der Waals surface area contributed by atoms with Gasteiger partial charge in [-0.25, -0.2) is 9.78 Å². The van der Waals surface area contributed by atoms with Gasteiger partial charge in [-0.1, -0.05) is 12.1 Å². The summed E-state index contributed by atoms with van der Waals surface area (Å²) in [5, 5.41) is 5.09. The van der Waals surface area contributed by atoms with Crippen LogP contribution in [0.2, 0.25) is 0 Å². The van der Waals surface area contributed by atoms with Crippen LogP contribution in [0, 0.1) is 0 Å². The number of benzene rings is 1. The van der Waals surface area contributed by atoms with Gasteiger partial charge in [0, 0.05) is 11.1 Å². The standard InChI is InChI=1S/C18H19N3O3S/c1-4-24-18(22)15-11(2)20-17(14-9-25-10-19-14)21-16(15)12-6-5-7-13(8-12)23-3/h5-10,16H,4H2,1-3H3,(H,20,21)/t16-/m0/s1. The van der Waals surface area contributed by atoms with Gasteiger partial charge in [0.25, 0.3) is 0 Å². The Morgan fingerprint density at radius 2 is 2.24 bits per heavy atom. The third-order valence-corrected chi connectivity index (χ3v) is 4.41. The van der Waals surface area contributed by atoms with Crippen molar-refractivity contribution in [2.45, 2.75) is 19.9 Å². The predicted octanol–water partition coefficient (Wildman–Crippen LogP) is 3.08. The van der Waals surface area contributed by atoms with Crippen LogP contribution in [-0.2, 0) is 9.53 Å². The fourth-order valence-corrected chi connectivity index (χ4v) is 3.20. The van der Waals surface area contributed by atoms with E-state index < -0.39 is 6.04 Å². The maximum Gasteiger partial charge on any atom is 0.338 e. The fraction of sp³-hybridized carbons (Fsp3) is 0.278. The number of allylic oxidation sites excluding steroid dienone is 1. The normalized spacial score (nSPS) is 16.9. The highest BCUT2D eigenvalue weighted by molar-refractivity contribution is 7.07. The van der Waals surface area contributed by atoms with Crippen molar-refractivity contribution in [3.63, 3.8) is 0 Å². The van der Waals surface area contributed by atoms with Crippen LogP contribution in [-0.4, -0.2) is 30.5 Å². The number of amidine groups is 1. The second-order valence-corrected chi connectivity index (χ2v) is 6.13. The molecule has 0 saturated heterocycles. The summed E-state index contributed by atoms with van der Waals surface area (Å²) >= 11 is 1.49. The third-order valence-electron chi connectivity index (χ3n) is 3.82. The van der Waals surface area contributed by atoms with Crippen LogP contribution >= 0.6 is 11.3 Å². The molecular weight excluding hydrogens is 338 g/mol. The lowest BCUT2D eigenvalue weighted by Gasteiger charge is -2.25. The molecule has 0 amide bonds. The Kier molecular flexibility index (Phi) is 5.14. The number of hydrogen-bond acceptors (Lipinski definition) is 7. The Morgan fingerprint density at radius 3 is 2.92 bits per heavy atom. The lowest BCUT2D eigenvalue weighted by Crippen LogP contribution is -2.33. The Balaban J connectivity index is 2.08. The Labute approximate surface area is 150 Å². The van der Waals surface area contributed by atoms with Crippen LogP contribution in [0.3, 0.4) is 0 Å². The molecule has 0 bridgehead atoms. The van der Waals surface area contributed by atoms with E-state index in [2.05, 4.69) is 10.3 Å². The first-order chi connectivity index (χ1) is 12.1. The number of thiazole rings is 1. The topological polar surface area (TPSA) is 72.8 Å². The lowest BCUT2D eigenvalue weighted by molar-refractivity contribution is -0.138. The molecule has 3 rings (SSSR count). The Hall–Kier alpha value is -2.67. The van der Waals surface area contributed by atoms with Gasteiger partial charge in [0.1, 0.15) is 17.5 Å². The molecule has 1 aliphatic heterocycles. The summed E-state index contributed by atoms with van der Waals surface area (Å²) in [5.41, 5.74) is 4.56. The van der Waals surface area contributed by atoms with E-state index in [-0.39, 0.29) is 5.97 Å². The molecule has 0 radical (unpaired) electrons. The van der Waals surface area contributed by atoms with E-state index in [1.807, 2.05) is 36.6 Å². The van der Waals surface area contributed by atoms with E-state index >= 15 is 0 Å². The van der Waals surface area contributed by atoms with Crippen LogP contribution < -0.4 is 10.1 Å². The lowest BCUT2D eigenvalue weighted by atomic mass is 9.95. The van der Waals surface area contributed by atoms with E-state index in [0.717, 1.165) is 11.3 Å². The smallest absolute Gasteiger partial charge is 0.338 e. The van der Waals surface area contributed by atoms with E-state index in [0.29, 0.717) is 29.5 Å². The van der Waals surface area contributed by atoms with Crippen LogP contribution in [0.5, 0.6) is 5.75 Å². The molecule has 25 heavy (non-hydrogen) atoms. The van der Waals surface area contributed by atoms with Crippen molar-refractivity contribution in [2.24, 2.45) is 4.99 Å². The molecule has 0 unspecified atom stereocenters. The number of methoxy groups -OCH3 is 1. The van der Waals surface area contributed by atoms with Gasteiger partial charge in [-0.2, -0.15) is 0 Å². The molecule has 2 heterocycles. The van der Waals surface area contributed by atoms with Gasteiger partial charge in [-0.3, -0.25) is 4.99 Å². The Morgan fingerprint density at radius 1 is 1.40 bits per heavy atom. The van der Waals surface area contributed by atoms with E-state index in [9.17, 15) is 4.79 Å². The molecule has 1 aliphatic rings. The minimum atomic E-state index is -0.480. The van der Waals surface area contributed by atoms with E-state index in [1.54, 1.807) is 19.5 Å². The monoisotopic (exact) mass is 357 g/mol. The average Bonchev–Trinajstić information content (AvgIpc) is 3.16. The van der Waals surface area contributed by atoms with Crippen molar-refractivity contribution in [3.8, 4) is 5.75 Å². The molecule has 1 aromatic carbocycles. The summed E-state index contributed by atoms with van der Waals surface area (Å²) in [6, 6.07) is 7.06. The van der Waals surface area contributed by atoms with Crippen LogP contribution in [0.4, 0.5) is 0 Å². The minimum absolute atomic E-state index is 0.309. The van der Waals surface area contributed by atoms with Gasteiger partial charge in [0.15, 0.2) is 5.84 Å². The number of carbonyl (C=O) groups is 1. The zero-order valence-corrected chi connectivity index (χ0v) is 15.1. The number of nitrogens with zero attached hydrogens (tertiary/aromatic N) is 2. The highest BCUT2D eigenvalue weighted by atomic mass is 32.1. The van der Waals surface area contributed by atoms with Crippen molar-refractivity contribution >= 4 is 23.1 Å². The highest BCUT2D eigenvalue weighted by Crippen LogP contribution is 2.33. The largest absolute Gasteiger partial charge is 0.497 e. The van der Waals surface area contributed by atoms with Gasteiger partial charge in [0.05, 0.1) is 24.8 Å². The minimum Gasteiger partial charge on any atom is -0.497 e. The summed E-state index contributed by atoms with van der Waals surface area (Å²) in [6.07, 6.45) is 0. The number of rotatable bonds is 5. The molecule has 1 atom stereocenters.